The molecular weight excluding hydrogens is 238 g/mol. The van der Waals surface area contributed by atoms with Crippen molar-refractivity contribution in [3.05, 3.63) is 47.5 Å². The van der Waals surface area contributed by atoms with Crippen molar-refractivity contribution in [3.63, 3.8) is 0 Å². The van der Waals surface area contributed by atoms with Gasteiger partial charge in [-0.3, -0.25) is 4.79 Å². The second-order valence-corrected chi connectivity index (χ2v) is 4.98. The van der Waals surface area contributed by atoms with E-state index in [1.807, 2.05) is 18.2 Å². The average Bonchev–Trinajstić information content (AvgIpc) is 2.98. The number of rotatable bonds is 2. The molecule has 1 aliphatic rings. The van der Waals surface area contributed by atoms with Crippen LogP contribution in [-0.4, -0.2) is 15.9 Å². The predicted molar refractivity (Wildman–Crippen MR) is 75.6 cm³/mol. The van der Waals surface area contributed by atoms with Crippen LogP contribution in [0.3, 0.4) is 0 Å². The fourth-order valence-corrected chi connectivity index (χ4v) is 2.22. The Morgan fingerprint density at radius 3 is 2.84 bits per heavy atom. The highest BCUT2D eigenvalue weighted by atomic mass is 16.2. The number of hydrogen-bond acceptors (Lipinski definition) is 2. The summed E-state index contributed by atoms with van der Waals surface area (Å²) in [6, 6.07) is 6.13. The number of H-pyrrole nitrogens is 1. The fraction of sp³-hybridized carbons (Fsp3) is 0.200. The molecule has 2 heterocycles. The minimum absolute atomic E-state index is 0.0643. The molecule has 0 spiro atoms. The summed E-state index contributed by atoms with van der Waals surface area (Å²) in [5.41, 5.74) is 4.56. The van der Waals surface area contributed by atoms with Gasteiger partial charge < -0.3 is 10.3 Å². The lowest BCUT2D eigenvalue weighted by Crippen LogP contribution is -2.03. The van der Waals surface area contributed by atoms with E-state index in [4.69, 9.17) is 0 Å². The van der Waals surface area contributed by atoms with Gasteiger partial charge in [0.2, 0.25) is 0 Å². The van der Waals surface area contributed by atoms with Crippen molar-refractivity contribution in [2.45, 2.75) is 19.8 Å². The van der Waals surface area contributed by atoms with Gasteiger partial charge in [0.15, 0.2) is 0 Å². The number of nitrogens with zero attached hydrogens (tertiary/aromatic N) is 1. The van der Waals surface area contributed by atoms with Crippen molar-refractivity contribution in [1.82, 2.24) is 9.97 Å². The number of benzene rings is 1. The maximum atomic E-state index is 12.0. The molecule has 0 saturated heterocycles. The predicted octanol–water partition coefficient (Wildman–Crippen LogP) is 3.03. The number of carbonyl (C=O) groups is 1. The number of fused-ring (bicyclic) bond motifs is 1. The van der Waals surface area contributed by atoms with Gasteiger partial charge in [0, 0.05) is 11.3 Å². The third-order valence-corrected chi connectivity index (χ3v) is 3.31. The van der Waals surface area contributed by atoms with Crippen molar-refractivity contribution in [1.29, 1.82) is 0 Å². The lowest BCUT2D eigenvalue weighted by molar-refractivity contribution is -0.110. The molecular formula is C15H15N3O. The zero-order valence-electron chi connectivity index (χ0n) is 10.9. The van der Waals surface area contributed by atoms with Crippen molar-refractivity contribution >= 4 is 23.2 Å². The van der Waals surface area contributed by atoms with E-state index in [1.165, 1.54) is 5.56 Å². The van der Waals surface area contributed by atoms with E-state index in [9.17, 15) is 4.79 Å². The summed E-state index contributed by atoms with van der Waals surface area (Å²) in [6.07, 6.45) is 5.12. The first-order valence-electron chi connectivity index (χ1n) is 6.31. The van der Waals surface area contributed by atoms with Crippen LogP contribution in [-0.2, 0) is 4.79 Å². The van der Waals surface area contributed by atoms with Gasteiger partial charge in [0.05, 0.1) is 23.8 Å². The van der Waals surface area contributed by atoms with Crippen LogP contribution in [0.1, 0.15) is 36.6 Å². The highest BCUT2D eigenvalue weighted by Gasteiger charge is 2.24. The SMILES string of the molecule is CC(C)c1ccc2c(c1)NC(=O)/C2=C\c1cnc[nH]1. The second kappa shape index (κ2) is 4.39. The minimum atomic E-state index is -0.0643. The number of hydrogen-bond donors (Lipinski definition) is 2. The molecule has 4 heteroatoms. The molecule has 2 aromatic rings. The standard InChI is InChI=1S/C15H15N3O/c1-9(2)10-3-4-12-13(6-11-7-16-8-17-11)15(19)18-14(12)5-10/h3-9H,1-2H3,(H,16,17)(H,18,19)/b13-6-. The van der Waals surface area contributed by atoms with Gasteiger partial charge in [-0.15, -0.1) is 0 Å². The molecule has 3 rings (SSSR count). The van der Waals surface area contributed by atoms with E-state index >= 15 is 0 Å². The molecule has 19 heavy (non-hydrogen) atoms. The van der Waals surface area contributed by atoms with Gasteiger partial charge in [0.1, 0.15) is 0 Å². The van der Waals surface area contributed by atoms with Gasteiger partial charge in [-0.05, 0) is 23.6 Å². The maximum Gasteiger partial charge on any atom is 0.256 e. The highest BCUT2D eigenvalue weighted by Crippen LogP contribution is 2.34. The molecule has 0 unspecified atom stereocenters. The third-order valence-electron chi connectivity index (χ3n) is 3.31. The Balaban J connectivity index is 2.06. The normalized spacial score (nSPS) is 15.9. The van der Waals surface area contributed by atoms with Crippen molar-refractivity contribution in [2.75, 3.05) is 5.32 Å². The van der Waals surface area contributed by atoms with Crippen molar-refractivity contribution in [2.24, 2.45) is 0 Å². The monoisotopic (exact) mass is 253 g/mol. The molecule has 0 atom stereocenters. The number of imidazole rings is 1. The summed E-state index contributed by atoms with van der Waals surface area (Å²) in [4.78, 5) is 19.0. The molecule has 96 valence electrons. The molecule has 0 bridgehead atoms. The molecule has 0 aliphatic carbocycles. The van der Waals surface area contributed by atoms with Crippen LogP contribution in [0.25, 0.3) is 11.6 Å². The van der Waals surface area contributed by atoms with Crippen LogP contribution in [0.5, 0.6) is 0 Å². The van der Waals surface area contributed by atoms with Crippen LogP contribution in [0, 0.1) is 0 Å². The van der Waals surface area contributed by atoms with E-state index < -0.39 is 0 Å². The van der Waals surface area contributed by atoms with E-state index in [-0.39, 0.29) is 5.91 Å². The largest absolute Gasteiger partial charge is 0.345 e. The Kier molecular flexibility index (Phi) is 2.71. The zero-order chi connectivity index (χ0) is 13.4. The van der Waals surface area contributed by atoms with Crippen LogP contribution in [0.15, 0.2) is 30.7 Å². The molecule has 0 radical (unpaired) electrons. The van der Waals surface area contributed by atoms with Crippen LogP contribution >= 0.6 is 0 Å². The number of aromatic amines is 1. The highest BCUT2D eigenvalue weighted by molar-refractivity contribution is 6.34. The first-order valence-corrected chi connectivity index (χ1v) is 6.31. The Hall–Kier alpha value is -2.36. The minimum Gasteiger partial charge on any atom is -0.345 e. The van der Waals surface area contributed by atoms with Crippen LogP contribution in [0.4, 0.5) is 5.69 Å². The molecule has 0 saturated carbocycles. The number of amides is 1. The first-order chi connectivity index (χ1) is 9.15. The van der Waals surface area contributed by atoms with E-state index in [1.54, 1.807) is 12.5 Å². The molecule has 2 N–H and O–H groups in total. The lowest BCUT2D eigenvalue weighted by atomic mass is 9.98. The Labute approximate surface area is 111 Å². The van der Waals surface area contributed by atoms with Gasteiger partial charge in [0.25, 0.3) is 5.91 Å². The second-order valence-electron chi connectivity index (χ2n) is 4.98. The fourth-order valence-electron chi connectivity index (χ4n) is 2.22. The van der Waals surface area contributed by atoms with Gasteiger partial charge in [-0.2, -0.15) is 0 Å². The number of anilines is 1. The maximum absolute atomic E-state index is 12.0. The molecule has 4 nitrogen and oxygen atoms in total. The summed E-state index contributed by atoms with van der Waals surface area (Å²) in [5.74, 6) is 0.383. The summed E-state index contributed by atoms with van der Waals surface area (Å²) in [7, 11) is 0. The summed E-state index contributed by atoms with van der Waals surface area (Å²) in [6.45, 7) is 4.28. The Morgan fingerprint density at radius 2 is 2.16 bits per heavy atom. The van der Waals surface area contributed by atoms with E-state index in [2.05, 4.69) is 35.2 Å². The smallest absolute Gasteiger partial charge is 0.256 e. The zero-order valence-corrected chi connectivity index (χ0v) is 10.9. The molecule has 0 fully saturated rings. The number of carbonyl (C=O) groups excluding carboxylic acids is 1. The van der Waals surface area contributed by atoms with Crippen molar-refractivity contribution < 1.29 is 4.79 Å². The van der Waals surface area contributed by atoms with Crippen LogP contribution in [0.2, 0.25) is 0 Å². The number of nitrogens with one attached hydrogen (secondary N) is 2. The lowest BCUT2D eigenvalue weighted by Gasteiger charge is -2.07. The molecule has 1 aromatic carbocycles. The van der Waals surface area contributed by atoms with Crippen molar-refractivity contribution in [3.8, 4) is 0 Å². The quantitative estimate of drug-likeness (QED) is 0.808. The first kappa shape index (κ1) is 11.7. The van der Waals surface area contributed by atoms with E-state index in [0.29, 0.717) is 11.5 Å². The Bertz CT molecular complexity index is 654. The van der Waals surface area contributed by atoms with Gasteiger partial charge in [-0.25, -0.2) is 4.98 Å². The van der Waals surface area contributed by atoms with Crippen LogP contribution < -0.4 is 5.32 Å². The Morgan fingerprint density at radius 1 is 1.32 bits per heavy atom. The molecule has 1 aliphatic heterocycles. The molecule has 1 aromatic heterocycles. The van der Waals surface area contributed by atoms with Gasteiger partial charge >= 0.3 is 0 Å². The summed E-state index contributed by atoms with van der Waals surface area (Å²) in [5, 5.41) is 2.91. The number of aromatic nitrogens is 2. The summed E-state index contributed by atoms with van der Waals surface area (Å²) >= 11 is 0. The average molecular weight is 253 g/mol. The third kappa shape index (κ3) is 2.05. The van der Waals surface area contributed by atoms with E-state index in [0.717, 1.165) is 16.9 Å². The molecule has 1 amide bonds. The summed E-state index contributed by atoms with van der Waals surface area (Å²) < 4.78 is 0. The topological polar surface area (TPSA) is 57.8 Å². The van der Waals surface area contributed by atoms with Gasteiger partial charge in [-0.1, -0.05) is 26.0 Å².